The molecule has 0 bridgehead atoms. The SMILES string of the molecule is CC(C)(C)CS(=O)(=O)N1CCC(OCCO)CC1. The van der Waals surface area contributed by atoms with Gasteiger partial charge in [-0.05, 0) is 18.3 Å². The summed E-state index contributed by atoms with van der Waals surface area (Å²) in [4.78, 5) is 0. The molecule has 0 saturated carbocycles. The van der Waals surface area contributed by atoms with Crippen LogP contribution in [0.25, 0.3) is 0 Å². The molecule has 18 heavy (non-hydrogen) atoms. The van der Waals surface area contributed by atoms with Crippen LogP contribution in [0.3, 0.4) is 0 Å². The lowest BCUT2D eigenvalue weighted by Crippen LogP contribution is -2.43. The molecule has 1 heterocycles. The Bertz CT molecular complexity index is 340. The second-order valence-electron chi connectivity index (χ2n) is 6.01. The van der Waals surface area contributed by atoms with E-state index in [0.717, 1.165) is 0 Å². The molecule has 0 spiro atoms. The highest BCUT2D eigenvalue weighted by atomic mass is 32.2. The molecule has 6 heteroatoms. The van der Waals surface area contributed by atoms with Crippen molar-refractivity contribution >= 4 is 10.0 Å². The Morgan fingerprint density at radius 2 is 1.83 bits per heavy atom. The minimum Gasteiger partial charge on any atom is -0.394 e. The van der Waals surface area contributed by atoms with E-state index in [-0.39, 0.29) is 23.9 Å². The number of nitrogens with zero attached hydrogens (tertiary/aromatic N) is 1. The third-order valence-electron chi connectivity index (χ3n) is 2.85. The van der Waals surface area contributed by atoms with Crippen molar-refractivity contribution in [1.82, 2.24) is 4.31 Å². The van der Waals surface area contributed by atoms with Crippen LogP contribution in [0.5, 0.6) is 0 Å². The zero-order valence-electron chi connectivity index (χ0n) is 11.6. The van der Waals surface area contributed by atoms with E-state index in [2.05, 4.69) is 0 Å². The van der Waals surface area contributed by atoms with E-state index in [1.807, 2.05) is 20.8 Å². The maximum Gasteiger partial charge on any atom is 0.214 e. The van der Waals surface area contributed by atoms with Crippen LogP contribution < -0.4 is 0 Å². The Hall–Kier alpha value is -0.170. The van der Waals surface area contributed by atoms with Crippen molar-refractivity contribution < 1.29 is 18.3 Å². The minimum absolute atomic E-state index is 0.0164. The number of sulfonamides is 1. The molecule has 0 aromatic rings. The molecule has 0 unspecified atom stereocenters. The first-order valence-electron chi connectivity index (χ1n) is 6.45. The van der Waals surface area contributed by atoms with Crippen LogP contribution in [0.4, 0.5) is 0 Å². The molecule has 0 atom stereocenters. The van der Waals surface area contributed by atoms with Gasteiger partial charge in [0, 0.05) is 13.1 Å². The molecular weight excluding hydrogens is 254 g/mol. The Balaban J connectivity index is 2.47. The van der Waals surface area contributed by atoms with Gasteiger partial charge in [0.25, 0.3) is 0 Å². The average molecular weight is 279 g/mol. The van der Waals surface area contributed by atoms with Crippen molar-refractivity contribution in [2.45, 2.75) is 39.7 Å². The maximum atomic E-state index is 12.2. The monoisotopic (exact) mass is 279 g/mol. The number of aliphatic hydroxyl groups excluding tert-OH is 1. The van der Waals surface area contributed by atoms with E-state index >= 15 is 0 Å². The molecule has 1 fully saturated rings. The Morgan fingerprint density at radius 1 is 1.28 bits per heavy atom. The van der Waals surface area contributed by atoms with Crippen LogP contribution in [-0.2, 0) is 14.8 Å². The Labute approximate surface area is 110 Å². The third-order valence-corrected chi connectivity index (χ3v) is 5.24. The van der Waals surface area contributed by atoms with Gasteiger partial charge in [-0.15, -0.1) is 0 Å². The van der Waals surface area contributed by atoms with Gasteiger partial charge in [0.15, 0.2) is 0 Å². The number of piperidine rings is 1. The summed E-state index contributed by atoms with van der Waals surface area (Å²) < 4.78 is 31.3. The van der Waals surface area contributed by atoms with Crippen molar-refractivity contribution in [2.75, 3.05) is 32.1 Å². The number of hydrogen-bond donors (Lipinski definition) is 1. The van der Waals surface area contributed by atoms with Crippen LogP contribution in [0.1, 0.15) is 33.6 Å². The molecule has 108 valence electrons. The molecule has 1 N–H and O–H groups in total. The lowest BCUT2D eigenvalue weighted by molar-refractivity contribution is 0.00312. The summed E-state index contributed by atoms with van der Waals surface area (Å²) in [6, 6.07) is 0. The lowest BCUT2D eigenvalue weighted by Gasteiger charge is -2.32. The molecule has 1 aliphatic rings. The number of aliphatic hydroxyl groups is 1. The predicted molar refractivity (Wildman–Crippen MR) is 70.9 cm³/mol. The van der Waals surface area contributed by atoms with Crippen LogP contribution in [0.15, 0.2) is 0 Å². The summed E-state index contributed by atoms with van der Waals surface area (Å²) >= 11 is 0. The molecule has 0 amide bonds. The summed E-state index contributed by atoms with van der Waals surface area (Å²) in [6.45, 7) is 7.19. The smallest absolute Gasteiger partial charge is 0.214 e. The molecule has 1 rings (SSSR count). The fourth-order valence-electron chi connectivity index (χ4n) is 2.13. The van der Waals surface area contributed by atoms with E-state index < -0.39 is 10.0 Å². The fraction of sp³-hybridized carbons (Fsp3) is 1.00. The molecule has 1 saturated heterocycles. The van der Waals surface area contributed by atoms with Gasteiger partial charge in [-0.25, -0.2) is 12.7 Å². The first-order valence-corrected chi connectivity index (χ1v) is 8.06. The van der Waals surface area contributed by atoms with Crippen LogP contribution in [0.2, 0.25) is 0 Å². The standard InChI is InChI=1S/C12H25NO4S/c1-12(2,3)10-18(15,16)13-6-4-11(5-7-13)17-9-8-14/h11,14H,4-10H2,1-3H3. The van der Waals surface area contributed by atoms with Gasteiger partial charge in [-0.3, -0.25) is 0 Å². The summed E-state index contributed by atoms with van der Waals surface area (Å²) in [7, 11) is -3.16. The summed E-state index contributed by atoms with van der Waals surface area (Å²) in [5.41, 5.74) is -0.219. The second kappa shape index (κ2) is 6.32. The highest BCUT2D eigenvalue weighted by Gasteiger charge is 2.31. The zero-order valence-corrected chi connectivity index (χ0v) is 12.4. The molecule has 1 aliphatic heterocycles. The molecule has 0 radical (unpaired) electrons. The average Bonchev–Trinajstić information content (AvgIpc) is 2.23. The van der Waals surface area contributed by atoms with E-state index in [0.29, 0.717) is 32.5 Å². The van der Waals surface area contributed by atoms with Crippen molar-refractivity contribution in [3.05, 3.63) is 0 Å². The van der Waals surface area contributed by atoms with E-state index in [9.17, 15) is 8.42 Å². The van der Waals surface area contributed by atoms with Crippen LogP contribution >= 0.6 is 0 Å². The second-order valence-corrected chi connectivity index (χ2v) is 7.98. The topological polar surface area (TPSA) is 66.8 Å². The van der Waals surface area contributed by atoms with E-state index in [1.54, 1.807) is 4.31 Å². The number of rotatable bonds is 5. The van der Waals surface area contributed by atoms with Crippen LogP contribution in [-0.4, -0.2) is 56.0 Å². The quantitative estimate of drug-likeness (QED) is 0.809. The van der Waals surface area contributed by atoms with Gasteiger partial charge in [0.05, 0.1) is 25.1 Å². The molecular formula is C12H25NO4S. The van der Waals surface area contributed by atoms with Gasteiger partial charge in [-0.1, -0.05) is 20.8 Å². The molecule has 0 aromatic carbocycles. The maximum absolute atomic E-state index is 12.2. The summed E-state index contributed by atoms with van der Waals surface area (Å²) in [5.74, 6) is 0.183. The normalized spacial score (nSPS) is 20.2. The van der Waals surface area contributed by atoms with E-state index in [4.69, 9.17) is 9.84 Å². The van der Waals surface area contributed by atoms with Gasteiger partial charge < -0.3 is 9.84 Å². The molecule has 0 aliphatic carbocycles. The van der Waals surface area contributed by atoms with E-state index in [1.165, 1.54) is 0 Å². The number of ether oxygens (including phenoxy) is 1. The Morgan fingerprint density at radius 3 is 2.28 bits per heavy atom. The largest absolute Gasteiger partial charge is 0.394 e. The van der Waals surface area contributed by atoms with Gasteiger partial charge in [-0.2, -0.15) is 0 Å². The highest BCUT2D eigenvalue weighted by molar-refractivity contribution is 7.89. The Kier molecular flexibility index (Phi) is 5.58. The lowest BCUT2D eigenvalue weighted by atomic mass is 10.0. The van der Waals surface area contributed by atoms with Gasteiger partial charge >= 0.3 is 0 Å². The zero-order chi connectivity index (χ0) is 13.8. The summed E-state index contributed by atoms with van der Waals surface area (Å²) in [5, 5.41) is 8.67. The van der Waals surface area contributed by atoms with Crippen LogP contribution in [0, 0.1) is 5.41 Å². The minimum atomic E-state index is -3.16. The van der Waals surface area contributed by atoms with Crippen molar-refractivity contribution in [3.8, 4) is 0 Å². The third kappa shape index (κ3) is 5.22. The molecule has 5 nitrogen and oxygen atoms in total. The van der Waals surface area contributed by atoms with Crippen molar-refractivity contribution in [2.24, 2.45) is 5.41 Å². The summed E-state index contributed by atoms with van der Waals surface area (Å²) in [6.07, 6.45) is 1.51. The first kappa shape index (κ1) is 15.9. The van der Waals surface area contributed by atoms with Gasteiger partial charge in [0.1, 0.15) is 0 Å². The van der Waals surface area contributed by atoms with Gasteiger partial charge in [0.2, 0.25) is 10.0 Å². The predicted octanol–water partition coefficient (Wildman–Crippen LogP) is 0.836. The van der Waals surface area contributed by atoms with Crippen molar-refractivity contribution in [3.63, 3.8) is 0 Å². The number of hydrogen-bond acceptors (Lipinski definition) is 4. The highest BCUT2D eigenvalue weighted by Crippen LogP contribution is 2.22. The molecule has 0 aromatic heterocycles. The first-order chi connectivity index (χ1) is 8.24. The fourth-order valence-corrected chi connectivity index (χ4v) is 4.18. The van der Waals surface area contributed by atoms with Crippen molar-refractivity contribution in [1.29, 1.82) is 0 Å².